The van der Waals surface area contributed by atoms with Crippen LogP contribution in [0.3, 0.4) is 0 Å². The van der Waals surface area contributed by atoms with Gasteiger partial charge in [0.1, 0.15) is 29.5 Å². The standard InChI is InChI=1S/C37H49N5O9S/c1-5-16-50-29-20-38-32(27-13-9-8-12-26(27)29)51-25-18-28-31(43)40-37(34(45)41-52(48,49)36(4)14-15-36)19-24(37)11-7-6-10-22(2)17-23(3)30(39-35(46)47)33(44)42(28)21-25/h7-9,11-13,20,22-25,28,30,39H,5-6,10,14-19,21H2,1-4H3,(H,40,43)(H,41,45)(H,46,47)/b11-7-/t22-,23+,24+,25+,28-,30-,37+/m0/s1. The number of aromatic nitrogens is 1. The SMILES string of the molecule is CCCOc1cnc(O[C@@H]2C[C@H]3C(=O)N[C@]4(C(=O)NS(=O)(=O)C5(C)CC5)C[C@H]4/C=C\CC[C@H](C)C[C@@H](C)[C@H](NC(=O)O)C(=O)N3C2)c2ccccc12. The van der Waals surface area contributed by atoms with Crippen LogP contribution in [-0.2, 0) is 24.4 Å². The minimum Gasteiger partial charge on any atom is -0.491 e. The number of nitrogens with one attached hydrogen (secondary N) is 3. The van der Waals surface area contributed by atoms with Crippen LogP contribution in [-0.4, -0.2) is 88.8 Å². The van der Waals surface area contributed by atoms with E-state index in [9.17, 15) is 32.7 Å². The Kier molecular flexibility index (Phi) is 10.5. The van der Waals surface area contributed by atoms with Crippen molar-refractivity contribution < 1.29 is 42.2 Å². The molecule has 14 nitrogen and oxygen atoms in total. The van der Waals surface area contributed by atoms with Crippen molar-refractivity contribution in [2.45, 2.75) is 108 Å². The second-order valence-corrected chi connectivity index (χ2v) is 17.4. The van der Waals surface area contributed by atoms with Gasteiger partial charge >= 0.3 is 6.09 Å². The Morgan fingerprint density at radius 1 is 1.13 bits per heavy atom. The molecular weight excluding hydrogens is 691 g/mol. The Morgan fingerprint density at radius 3 is 2.56 bits per heavy atom. The summed E-state index contributed by atoms with van der Waals surface area (Å²) in [6, 6.07) is 5.15. The number of hydrogen-bond donors (Lipinski definition) is 4. The molecule has 4 amide bonds. The number of benzene rings is 1. The fourth-order valence-electron chi connectivity index (χ4n) is 7.45. The average Bonchev–Trinajstić information content (AvgIpc) is 3.98. The molecule has 2 aromatic rings. The van der Waals surface area contributed by atoms with Crippen molar-refractivity contribution in [1.29, 1.82) is 0 Å². The Hall–Kier alpha value is -4.40. The molecule has 282 valence electrons. The maximum absolute atomic E-state index is 14.4. The van der Waals surface area contributed by atoms with Crippen LogP contribution >= 0.6 is 0 Å². The van der Waals surface area contributed by atoms with E-state index in [-0.39, 0.29) is 31.2 Å². The lowest BCUT2D eigenvalue weighted by molar-refractivity contribution is -0.142. The molecular formula is C37H49N5O9S. The summed E-state index contributed by atoms with van der Waals surface area (Å²) in [5.74, 6) is -1.92. The normalized spacial score (nSPS) is 30.8. The highest BCUT2D eigenvalue weighted by Gasteiger charge is 2.63. The number of hydrogen-bond acceptors (Lipinski definition) is 9. The van der Waals surface area contributed by atoms with Gasteiger partial charge in [-0.2, -0.15) is 0 Å². The van der Waals surface area contributed by atoms with E-state index < -0.39 is 74.1 Å². The first kappa shape index (κ1) is 37.4. The smallest absolute Gasteiger partial charge is 0.405 e. The fourth-order valence-corrected chi connectivity index (χ4v) is 8.76. The van der Waals surface area contributed by atoms with Gasteiger partial charge in [-0.3, -0.25) is 19.1 Å². The summed E-state index contributed by atoms with van der Waals surface area (Å²) in [6.45, 7) is 7.88. The Labute approximate surface area is 304 Å². The number of pyridine rings is 1. The number of rotatable bonds is 9. The van der Waals surface area contributed by atoms with Gasteiger partial charge in [-0.15, -0.1) is 0 Å². The van der Waals surface area contributed by atoms with Gasteiger partial charge in [0.2, 0.25) is 27.7 Å². The van der Waals surface area contributed by atoms with Crippen LogP contribution in [0.2, 0.25) is 0 Å². The third-order valence-electron chi connectivity index (χ3n) is 11.0. The van der Waals surface area contributed by atoms with Gasteiger partial charge in [0.15, 0.2) is 0 Å². The number of ether oxygens (including phenoxy) is 2. The summed E-state index contributed by atoms with van der Waals surface area (Å²) in [7, 11) is -4.00. The molecule has 4 N–H and O–H groups in total. The van der Waals surface area contributed by atoms with Crippen LogP contribution in [0.15, 0.2) is 42.6 Å². The van der Waals surface area contributed by atoms with E-state index >= 15 is 0 Å². The van der Waals surface area contributed by atoms with E-state index in [4.69, 9.17) is 9.47 Å². The summed E-state index contributed by atoms with van der Waals surface area (Å²) >= 11 is 0. The average molecular weight is 740 g/mol. The molecule has 6 rings (SSSR count). The Balaban J connectivity index is 1.33. The second kappa shape index (κ2) is 14.6. The molecule has 52 heavy (non-hydrogen) atoms. The molecule has 2 aliphatic heterocycles. The van der Waals surface area contributed by atoms with Crippen molar-refractivity contribution in [3.63, 3.8) is 0 Å². The van der Waals surface area contributed by atoms with Crippen molar-refractivity contribution in [3.8, 4) is 11.6 Å². The number of amides is 4. The summed E-state index contributed by atoms with van der Waals surface area (Å²) in [5, 5.41) is 16.5. The van der Waals surface area contributed by atoms with Gasteiger partial charge in [0, 0.05) is 23.1 Å². The molecule has 1 saturated heterocycles. The summed E-state index contributed by atoms with van der Waals surface area (Å²) in [5.41, 5.74) is -1.54. The van der Waals surface area contributed by atoms with Crippen LogP contribution < -0.4 is 24.8 Å². The minimum absolute atomic E-state index is 0.0147. The van der Waals surface area contributed by atoms with Crippen LogP contribution in [0.5, 0.6) is 11.6 Å². The monoisotopic (exact) mass is 739 g/mol. The van der Waals surface area contributed by atoms with Crippen LogP contribution in [0, 0.1) is 17.8 Å². The molecule has 7 atom stereocenters. The van der Waals surface area contributed by atoms with Crippen LogP contribution in [0.4, 0.5) is 4.79 Å². The number of sulfonamides is 1. The molecule has 0 radical (unpaired) electrons. The van der Waals surface area contributed by atoms with E-state index in [0.717, 1.165) is 18.2 Å². The molecule has 0 unspecified atom stereocenters. The third-order valence-corrected chi connectivity index (χ3v) is 13.1. The summed E-state index contributed by atoms with van der Waals surface area (Å²) in [6.07, 6.45) is 7.08. The Bertz CT molecular complexity index is 1860. The topological polar surface area (TPSA) is 193 Å². The van der Waals surface area contributed by atoms with Gasteiger partial charge in [-0.05, 0) is 69.8 Å². The summed E-state index contributed by atoms with van der Waals surface area (Å²) in [4.78, 5) is 60.4. The molecule has 3 heterocycles. The van der Waals surface area contributed by atoms with E-state index in [1.807, 2.05) is 57.2 Å². The number of fused-ring (bicyclic) bond motifs is 3. The highest BCUT2D eigenvalue weighted by atomic mass is 32.2. The van der Waals surface area contributed by atoms with Gasteiger partial charge < -0.3 is 30.1 Å². The minimum atomic E-state index is -4.00. The Morgan fingerprint density at radius 2 is 1.87 bits per heavy atom. The fraction of sp³-hybridized carbons (Fsp3) is 0.595. The highest BCUT2D eigenvalue weighted by Crippen LogP contribution is 2.47. The van der Waals surface area contributed by atoms with E-state index in [2.05, 4.69) is 20.3 Å². The molecule has 15 heteroatoms. The predicted octanol–water partition coefficient (Wildman–Crippen LogP) is 3.89. The first-order valence-electron chi connectivity index (χ1n) is 18.2. The van der Waals surface area contributed by atoms with E-state index in [0.29, 0.717) is 43.4 Å². The second-order valence-electron chi connectivity index (χ2n) is 15.2. The first-order chi connectivity index (χ1) is 24.7. The first-order valence-corrected chi connectivity index (χ1v) is 19.7. The van der Waals surface area contributed by atoms with Crippen molar-refractivity contribution in [3.05, 3.63) is 42.6 Å². The highest BCUT2D eigenvalue weighted by molar-refractivity contribution is 7.91. The number of allylic oxidation sites excluding steroid dienone is 1. The van der Waals surface area contributed by atoms with E-state index in [1.165, 1.54) is 4.90 Å². The molecule has 3 fully saturated rings. The maximum atomic E-state index is 14.4. The lowest BCUT2D eigenvalue weighted by atomic mass is 9.88. The number of nitrogens with zero attached hydrogens (tertiary/aromatic N) is 2. The van der Waals surface area contributed by atoms with E-state index in [1.54, 1.807) is 13.1 Å². The summed E-state index contributed by atoms with van der Waals surface area (Å²) < 4.78 is 39.7. The third kappa shape index (κ3) is 7.55. The van der Waals surface area contributed by atoms with Crippen molar-refractivity contribution in [2.24, 2.45) is 17.8 Å². The zero-order valence-corrected chi connectivity index (χ0v) is 30.9. The van der Waals surface area contributed by atoms with Crippen LogP contribution in [0.1, 0.15) is 79.1 Å². The van der Waals surface area contributed by atoms with Crippen LogP contribution in [0.25, 0.3) is 10.8 Å². The van der Waals surface area contributed by atoms with Gasteiger partial charge in [0.25, 0.3) is 5.91 Å². The largest absolute Gasteiger partial charge is 0.491 e. The zero-order chi connectivity index (χ0) is 37.4. The zero-order valence-electron chi connectivity index (χ0n) is 30.1. The number of carbonyl (C=O) groups is 4. The molecule has 2 aliphatic carbocycles. The number of carbonyl (C=O) groups excluding carboxylic acids is 3. The van der Waals surface area contributed by atoms with Gasteiger partial charge in [-0.25, -0.2) is 18.2 Å². The molecule has 0 bridgehead atoms. The predicted molar refractivity (Wildman–Crippen MR) is 192 cm³/mol. The van der Waals surface area contributed by atoms with Gasteiger partial charge in [-0.1, -0.05) is 51.1 Å². The van der Waals surface area contributed by atoms with Crippen molar-refractivity contribution in [1.82, 2.24) is 25.2 Å². The molecule has 1 aromatic carbocycles. The molecule has 2 saturated carbocycles. The van der Waals surface area contributed by atoms with Crippen molar-refractivity contribution in [2.75, 3.05) is 13.2 Å². The van der Waals surface area contributed by atoms with Gasteiger partial charge in [0.05, 0.1) is 24.1 Å². The van der Waals surface area contributed by atoms with Crippen molar-refractivity contribution >= 4 is 44.6 Å². The molecule has 0 spiro atoms. The molecule has 4 aliphatic rings. The molecule has 1 aromatic heterocycles. The lowest BCUT2D eigenvalue weighted by Gasteiger charge is -2.32. The number of carboxylic acid groups (broad SMARTS) is 1. The quantitative estimate of drug-likeness (QED) is 0.274. The lowest BCUT2D eigenvalue weighted by Crippen LogP contribution is -2.59. The maximum Gasteiger partial charge on any atom is 0.405 e.